The highest BCUT2D eigenvalue weighted by Gasteiger charge is 2.32. The van der Waals surface area contributed by atoms with Crippen LogP contribution in [0.5, 0.6) is 0 Å². The summed E-state index contributed by atoms with van der Waals surface area (Å²) < 4.78 is 7.33. The van der Waals surface area contributed by atoms with Crippen molar-refractivity contribution in [2.45, 2.75) is 31.9 Å². The van der Waals surface area contributed by atoms with Crippen molar-refractivity contribution >= 4 is 17.5 Å². The van der Waals surface area contributed by atoms with Crippen LogP contribution in [-0.4, -0.2) is 57.3 Å². The number of nitrogens with zero attached hydrogens (tertiary/aromatic N) is 5. The number of carbonyl (C=O) groups is 1. The first-order chi connectivity index (χ1) is 10.7. The lowest BCUT2D eigenvalue weighted by molar-refractivity contribution is -0.133. The van der Waals surface area contributed by atoms with Gasteiger partial charge in [-0.15, -0.1) is 0 Å². The lowest BCUT2D eigenvalue weighted by Crippen LogP contribution is -2.50. The van der Waals surface area contributed by atoms with E-state index in [0.29, 0.717) is 31.5 Å². The highest BCUT2D eigenvalue weighted by Crippen LogP contribution is 2.21. The van der Waals surface area contributed by atoms with E-state index in [-0.39, 0.29) is 5.91 Å². The Hall–Kier alpha value is -2.22. The fourth-order valence-corrected chi connectivity index (χ4v) is 2.67. The Kier molecular flexibility index (Phi) is 3.18. The summed E-state index contributed by atoms with van der Waals surface area (Å²) >= 11 is 0. The number of anilines is 1. The van der Waals surface area contributed by atoms with Crippen LogP contribution < -0.4 is 10.2 Å². The first-order valence-electron chi connectivity index (χ1n) is 7.55. The van der Waals surface area contributed by atoms with E-state index >= 15 is 0 Å². The minimum absolute atomic E-state index is 0.0205. The summed E-state index contributed by atoms with van der Waals surface area (Å²) in [6.07, 6.45) is 3.20. The number of rotatable bonds is 3. The molecule has 116 valence electrons. The summed E-state index contributed by atoms with van der Waals surface area (Å²) in [7, 11) is 0. The molecule has 1 N–H and O–H groups in total. The maximum Gasteiger partial charge on any atom is 0.254 e. The van der Waals surface area contributed by atoms with E-state index < -0.39 is 6.10 Å². The van der Waals surface area contributed by atoms with E-state index in [0.717, 1.165) is 24.4 Å². The maximum atomic E-state index is 12.2. The fraction of sp³-hybridized carbons (Fsp3) is 0.571. The average molecular weight is 302 g/mol. The number of amides is 1. The van der Waals surface area contributed by atoms with Crippen LogP contribution >= 0.6 is 0 Å². The molecule has 1 saturated heterocycles. The van der Waals surface area contributed by atoms with E-state index in [1.165, 1.54) is 6.33 Å². The van der Waals surface area contributed by atoms with Crippen LogP contribution in [0, 0.1) is 6.92 Å². The number of fused-ring (bicyclic) bond motifs is 1. The second kappa shape index (κ2) is 5.20. The van der Waals surface area contributed by atoms with Gasteiger partial charge in [-0.05, 0) is 19.8 Å². The Labute approximate surface area is 127 Å². The molecular formula is C14H18N6O2. The van der Waals surface area contributed by atoms with Gasteiger partial charge >= 0.3 is 0 Å². The van der Waals surface area contributed by atoms with Crippen LogP contribution in [0.15, 0.2) is 12.4 Å². The number of nitrogens with one attached hydrogen (secondary N) is 1. The van der Waals surface area contributed by atoms with Gasteiger partial charge in [-0.25, -0.2) is 4.98 Å². The smallest absolute Gasteiger partial charge is 0.254 e. The molecule has 0 aromatic carbocycles. The van der Waals surface area contributed by atoms with Crippen LogP contribution in [-0.2, 0) is 9.53 Å². The van der Waals surface area contributed by atoms with E-state index in [9.17, 15) is 4.79 Å². The number of aryl methyl sites for hydroxylation is 1. The van der Waals surface area contributed by atoms with Crippen LogP contribution in [0.1, 0.15) is 18.5 Å². The van der Waals surface area contributed by atoms with Gasteiger partial charge in [-0.3, -0.25) is 4.79 Å². The zero-order valence-electron chi connectivity index (χ0n) is 12.4. The van der Waals surface area contributed by atoms with Crippen molar-refractivity contribution in [1.82, 2.24) is 24.9 Å². The van der Waals surface area contributed by atoms with Crippen molar-refractivity contribution in [2.24, 2.45) is 0 Å². The molecule has 8 heteroatoms. The van der Waals surface area contributed by atoms with Gasteiger partial charge < -0.3 is 15.0 Å². The minimum atomic E-state index is -0.443. The van der Waals surface area contributed by atoms with Gasteiger partial charge in [0, 0.05) is 24.3 Å². The highest BCUT2D eigenvalue weighted by atomic mass is 16.5. The number of carbonyl (C=O) groups excluding carboxylic acids is 1. The quantitative estimate of drug-likeness (QED) is 0.853. The standard InChI is InChI=1S/C14H18N6O2/c1-9-6-12(20-14(17-9)15-8-16-20)19-4-5-22-11(7-19)13(21)18-10-2-3-10/h6,8,10-11H,2-5,7H2,1H3,(H,18,21). The molecule has 22 heavy (non-hydrogen) atoms. The lowest BCUT2D eigenvalue weighted by atomic mass is 10.2. The number of morpholine rings is 1. The van der Waals surface area contributed by atoms with Crippen molar-refractivity contribution in [2.75, 3.05) is 24.6 Å². The monoisotopic (exact) mass is 302 g/mol. The zero-order valence-corrected chi connectivity index (χ0v) is 12.4. The summed E-state index contributed by atoms with van der Waals surface area (Å²) in [4.78, 5) is 22.8. The third-order valence-corrected chi connectivity index (χ3v) is 3.97. The highest BCUT2D eigenvalue weighted by molar-refractivity contribution is 5.82. The summed E-state index contributed by atoms with van der Waals surface area (Å²) in [5.41, 5.74) is 0.876. The van der Waals surface area contributed by atoms with E-state index in [2.05, 4.69) is 25.3 Å². The Bertz CT molecular complexity index is 710. The second-order valence-electron chi connectivity index (χ2n) is 5.82. The second-order valence-corrected chi connectivity index (χ2v) is 5.82. The largest absolute Gasteiger partial charge is 0.365 e. The molecule has 2 fully saturated rings. The molecule has 0 spiro atoms. The molecule has 1 unspecified atom stereocenters. The normalized spacial score (nSPS) is 22.0. The molecule has 0 radical (unpaired) electrons. The van der Waals surface area contributed by atoms with Gasteiger partial charge in [0.25, 0.3) is 11.7 Å². The van der Waals surface area contributed by atoms with Gasteiger partial charge in [0.1, 0.15) is 12.1 Å². The van der Waals surface area contributed by atoms with Crippen molar-refractivity contribution in [3.05, 3.63) is 18.1 Å². The van der Waals surface area contributed by atoms with Crippen molar-refractivity contribution in [3.63, 3.8) is 0 Å². The van der Waals surface area contributed by atoms with Crippen LogP contribution in [0.4, 0.5) is 5.82 Å². The predicted octanol–water partition coefficient (Wildman–Crippen LogP) is -0.0835. The van der Waals surface area contributed by atoms with Gasteiger partial charge in [0.2, 0.25) is 0 Å². The molecule has 1 saturated carbocycles. The Balaban J connectivity index is 1.58. The number of aromatic nitrogens is 4. The van der Waals surface area contributed by atoms with E-state index in [1.807, 2.05) is 13.0 Å². The summed E-state index contributed by atoms with van der Waals surface area (Å²) in [6, 6.07) is 2.31. The van der Waals surface area contributed by atoms with E-state index in [4.69, 9.17) is 4.74 Å². The first kappa shape index (κ1) is 13.4. The Morgan fingerprint density at radius 3 is 3.14 bits per heavy atom. The number of hydrogen-bond acceptors (Lipinski definition) is 6. The van der Waals surface area contributed by atoms with Crippen molar-refractivity contribution in [1.29, 1.82) is 0 Å². The minimum Gasteiger partial charge on any atom is -0.365 e. The predicted molar refractivity (Wildman–Crippen MR) is 78.6 cm³/mol. The van der Waals surface area contributed by atoms with Crippen LogP contribution in [0.3, 0.4) is 0 Å². The average Bonchev–Trinajstić information content (AvgIpc) is 3.21. The Morgan fingerprint density at radius 1 is 1.45 bits per heavy atom. The third-order valence-electron chi connectivity index (χ3n) is 3.97. The summed E-state index contributed by atoms with van der Waals surface area (Å²) in [5.74, 6) is 1.45. The lowest BCUT2D eigenvalue weighted by Gasteiger charge is -2.33. The van der Waals surface area contributed by atoms with Crippen LogP contribution in [0.25, 0.3) is 5.78 Å². The van der Waals surface area contributed by atoms with Gasteiger partial charge in [-0.2, -0.15) is 14.6 Å². The molecule has 1 aliphatic carbocycles. The SMILES string of the molecule is Cc1cc(N2CCOC(C(=O)NC3CC3)C2)n2ncnc2n1. The molecular weight excluding hydrogens is 284 g/mol. The summed E-state index contributed by atoms with van der Waals surface area (Å²) in [6.45, 7) is 3.67. The van der Waals surface area contributed by atoms with Gasteiger partial charge in [0.15, 0.2) is 6.10 Å². The number of hydrogen-bond donors (Lipinski definition) is 1. The molecule has 1 aliphatic heterocycles. The fourth-order valence-electron chi connectivity index (χ4n) is 2.67. The molecule has 4 rings (SSSR count). The third kappa shape index (κ3) is 2.50. The molecule has 2 aromatic heterocycles. The molecule has 2 aliphatic rings. The van der Waals surface area contributed by atoms with Crippen LogP contribution in [0.2, 0.25) is 0 Å². The molecule has 1 atom stereocenters. The molecule has 8 nitrogen and oxygen atoms in total. The Morgan fingerprint density at radius 2 is 2.32 bits per heavy atom. The van der Waals surface area contributed by atoms with Crippen molar-refractivity contribution in [3.8, 4) is 0 Å². The zero-order chi connectivity index (χ0) is 15.1. The first-order valence-corrected chi connectivity index (χ1v) is 7.55. The molecule has 3 heterocycles. The molecule has 2 aromatic rings. The van der Waals surface area contributed by atoms with Crippen molar-refractivity contribution < 1.29 is 9.53 Å². The molecule has 0 bridgehead atoms. The number of ether oxygens (including phenoxy) is 1. The van der Waals surface area contributed by atoms with Gasteiger partial charge in [0.05, 0.1) is 13.2 Å². The molecule has 1 amide bonds. The van der Waals surface area contributed by atoms with E-state index in [1.54, 1.807) is 4.52 Å². The maximum absolute atomic E-state index is 12.2. The summed E-state index contributed by atoms with van der Waals surface area (Å²) in [5, 5.41) is 7.22. The van der Waals surface area contributed by atoms with Gasteiger partial charge in [-0.1, -0.05) is 0 Å². The topological polar surface area (TPSA) is 84.7 Å².